The van der Waals surface area contributed by atoms with Crippen LogP contribution in [0.4, 0.5) is 30.8 Å². The smallest absolute Gasteiger partial charge is 0.395 e. The van der Waals surface area contributed by atoms with Gasteiger partial charge in [0.25, 0.3) is 0 Å². The van der Waals surface area contributed by atoms with Gasteiger partial charge >= 0.3 is 6.18 Å². The molecule has 0 amide bonds. The molecule has 0 saturated carbocycles. The van der Waals surface area contributed by atoms with Gasteiger partial charge < -0.3 is 20.3 Å². The van der Waals surface area contributed by atoms with Crippen LogP contribution < -0.4 is 10.6 Å². The fraction of sp³-hybridized carbons (Fsp3) is 0.211. The Morgan fingerprint density at radius 1 is 1.03 bits per heavy atom. The SMILES string of the molecule is OCCNc1nc(Nc2cnccn2)nc2c1ncn2Cc1ccc(C(F)(F)F)cc1. The van der Waals surface area contributed by atoms with Crippen LogP contribution in [0.15, 0.2) is 49.2 Å². The molecule has 0 fully saturated rings. The van der Waals surface area contributed by atoms with Gasteiger partial charge in [0, 0.05) is 18.9 Å². The predicted molar refractivity (Wildman–Crippen MR) is 107 cm³/mol. The number of nitrogens with one attached hydrogen (secondary N) is 2. The molecule has 3 N–H and O–H groups in total. The third kappa shape index (κ3) is 4.69. The van der Waals surface area contributed by atoms with Crippen LogP contribution >= 0.6 is 0 Å². The number of alkyl halides is 3. The van der Waals surface area contributed by atoms with Gasteiger partial charge in [-0.1, -0.05) is 12.1 Å². The zero-order valence-corrected chi connectivity index (χ0v) is 16.0. The van der Waals surface area contributed by atoms with Gasteiger partial charge in [0.05, 0.1) is 31.2 Å². The number of hydrogen-bond acceptors (Lipinski definition) is 8. The van der Waals surface area contributed by atoms with Crippen LogP contribution in [0, 0.1) is 0 Å². The summed E-state index contributed by atoms with van der Waals surface area (Å²) in [6, 6.07) is 4.91. The van der Waals surface area contributed by atoms with Gasteiger partial charge in [0.1, 0.15) is 0 Å². The second kappa shape index (κ2) is 8.52. The van der Waals surface area contributed by atoms with Crippen molar-refractivity contribution in [2.24, 2.45) is 0 Å². The largest absolute Gasteiger partial charge is 0.416 e. The van der Waals surface area contributed by atoms with Gasteiger partial charge in [-0.25, -0.2) is 9.97 Å². The van der Waals surface area contributed by atoms with E-state index in [0.29, 0.717) is 28.4 Å². The van der Waals surface area contributed by atoms with Crippen molar-refractivity contribution in [2.75, 3.05) is 23.8 Å². The number of hydrogen-bond donors (Lipinski definition) is 3. The summed E-state index contributed by atoms with van der Waals surface area (Å²) >= 11 is 0. The molecule has 0 spiro atoms. The maximum Gasteiger partial charge on any atom is 0.416 e. The van der Waals surface area contributed by atoms with E-state index in [2.05, 4.69) is 35.6 Å². The van der Waals surface area contributed by atoms with Crippen molar-refractivity contribution in [3.8, 4) is 0 Å². The number of nitrogens with zero attached hydrogens (tertiary/aromatic N) is 6. The van der Waals surface area contributed by atoms with Gasteiger partial charge in [-0.3, -0.25) is 4.98 Å². The fourth-order valence-corrected chi connectivity index (χ4v) is 2.89. The van der Waals surface area contributed by atoms with E-state index in [4.69, 9.17) is 5.11 Å². The van der Waals surface area contributed by atoms with Crippen molar-refractivity contribution in [2.45, 2.75) is 12.7 Å². The van der Waals surface area contributed by atoms with Crippen LogP contribution in [0.1, 0.15) is 11.1 Å². The molecule has 12 heteroatoms. The molecule has 0 aliphatic carbocycles. The average molecular weight is 430 g/mol. The standard InChI is InChI=1S/C19H17F3N8O/c20-19(21,22)13-3-1-12(2-4-13)10-30-11-26-15-16(25-7-8-31)28-18(29-17(15)30)27-14-9-23-5-6-24-14/h1-6,9,11,31H,7-8,10H2,(H2,24,25,27,28,29). The highest BCUT2D eigenvalue weighted by Crippen LogP contribution is 2.29. The Morgan fingerprint density at radius 3 is 2.52 bits per heavy atom. The number of imidazole rings is 1. The molecule has 1 aromatic carbocycles. The number of aliphatic hydroxyl groups excluding tert-OH is 1. The molecule has 3 heterocycles. The lowest BCUT2D eigenvalue weighted by atomic mass is 10.1. The third-order valence-electron chi connectivity index (χ3n) is 4.31. The zero-order chi connectivity index (χ0) is 21.8. The molecule has 0 unspecified atom stereocenters. The van der Waals surface area contributed by atoms with Crippen LogP contribution in [0.2, 0.25) is 0 Å². The molecular weight excluding hydrogens is 413 g/mol. The van der Waals surface area contributed by atoms with Crippen LogP contribution in [0.3, 0.4) is 0 Å². The molecule has 0 atom stereocenters. The second-order valence-electron chi connectivity index (χ2n) is 6.50. The average Bonchev–Trinajstić information content (AvgIpc) is 3.15. The van der Waals surface area contributed by atoms with Gasteiger partial charge in [0.15, 0.2) is 22.8 Å². The highest BCUT2D eigenvalue weighted by atomic mass is 19.4. The summed E-state index contributed by atoms with van der Waals surface area (Å²) < 4.78 is 40.1. The Morgan fingerprint density at radius 2 is 1.84 bits per heavy atom. The molecule has 3 aromatic heterocycles. The van der Waals surface area contributed by atoms with E-state index < -0.39 is 11.7 Å². The van der Waals surface area contributed by atoms with Gasteiger partial charge in [-0.2, -0.15) is 23.1 Å². The number of benzene rings is 1. The Labute approximate surface area is 174 Å². The minimum atomic E-state index is -4.39. The first-order valence-corrected chi connectivity index (χ1v) is 9.21. The van der Waals surface area contributed by atoms with Crippen molar-refractivity contribution in [1.82, 2.24) is 29.5 Å². The summed E-state index contributed by atoms with van der Waals surface area (Å²) in [5, 5.41) is 15.1. The first kappa shape index (κ1) is 20.5. The molecule has 160 valence electrons. The van der Waals surface area contributed by atoms with Crippen LogP contribution in [-0.4, -0.2) is 47.7 Å². The monoisotopic (exact) mass is 430 g/mol. The summed E-state index contributed by atoms with van der Waals surface area (Å²) in [5.41, 5.74) is 0.867. The Bertz CT molecular complexity index is 1160. The Kier molecular flexibility index (Phi) is 5.62. The number of halogens is 3. The number of aliphatic hydroxyl groups is 1. The maximum atomic E-state index is 12.8. The third-order valence-corrected chi connectivity index (χ3v) is 4.31. The maximum absolute atomic E-state index is 12.8. The number of aromatic nitrogens is 6. The minimum absolute atomic E-state index is 0.106. The zero-order valence-electron chi connectivity index (χ0n) is 16.0. The first-order valence-electron chi connectivity index (χ1n) is 9.21. The van der Waals surface area contributed by atoms with E-state index in [-0.39, 0.29) is 25.6 Å². The molecular formula is C19H17F3N8O. The van der Waals surface area contributed by atoms with Crippen molar-refractivity contribution in [3.05, 3.63) is 60.3 Å². The van der Waals surface area contributed by atoms with Gasteiger partial charge in [0.2, 0.25) is 5.95 Å². The van der Waals surface area contributed by atoms with Gasteiger partial charge in [-0.15, -0.1) is 0 Å². The first-order chi connectivity index (χ1) is 14.9. The Hall–Kier alpha value is -3.80. The van der Waals surface area contributed by atoms with Gasteiger partial charge in [-0.05, 0) is 17.7 Å². The topological polar surface area (TPSA) is 114 Å². The number of anilines is 3. The second-order valence-corrected chi connectivity index (χ2v) is 6.50. The fourth-order valence-electron chi connectivity index (χ4n) is 2.89. The van der Waals surface area contributed by atoms with E-state index in [9.17, 15) is 13.2 Å². The van der Waals surface area contributed by atoms with E-state index >= 15 is 0 Å². The molecule has 0 aliphatic rings. The minimum Gasteiger partial charge on any atom is -0.395 e. The van der Waals surface area contributed by atoms with E-state index in [1.807, 2.05) is 0 Å². The van der Waals surface area contributed by atoms with Crippen molar-refractivity contribution in [3.63, 3.8) is 0 Å². The normalized spacial score (nSPS) is 11.6. The number of rotatable bonds is 7. The molecule has 0 aliphatic heterocycles. The van der Waals surface area contributed by atoms with Crippen LogP contribution in [0.25, 0.3) is 11.2 Å². The van der Waals surface area contributed by atoms with E-state index in [0.717, 1.165) is 12.1 Å². The molecule has 0 bridgehead atoms. The van der Waals surface area contributed by atoms with E-state index in [1.54, 1.807) is 4.57 Å². The quantitative estimate of drug-likeness (QED) is 0.410. The molecule has 0 radical (unpaired) electrons. The Balaban J connectivity index is 1.68. The summed E-state index contributed by atoms with van der Waals surface area (Å²) in [6.07, 6.45) is 1.70. The van der Waals surface area contributed by atoms with Crippen molar-refractivity contribution >= 4 is 28.7 Å². The van der Waals surface area contributed by atoms with Crippen molar-refractivity contribution < 1.29 is 18.3 Å². The van der Waals surface area contributed by atoms with Crippen LogP contribution in [-0.2, 0) is 12.7 Å². The lowest BCUT2D eigenvalue weighted by Gasteiger charge is -2.10. The lowest BCUT2D eigenvalue weighted by Crippen LogP contribution is -2.10. The molecule has 0 saturated heterocycles. The predicted octanol–water partition coefficient (Wildman–Crippen LogP) is 2.83. The van der Waals surface area contributed by atoms with Crippen LogP contribution in [0.5, 0.6) is 0 Å². The highest BCUT2D eigenvalue weighted by Gasteiger charge is 2.29. The highest BCUT2D eigenvalue weighted by molar-refractivity contribution is 5.84. The summed E-state index contributed by atoms with van der Waals surface area (Å²) in [6.45, 7) is 0.406. The van der Waals surface area contributed by atoms with E-state index in [1.165, 1.54) is 37.1 Å². The summed E-state index contributed by atoms with van der Waals surface area (Å²) in [7, 11) is 0. The van der Waals surface area contributed by atoms with Crippen molar-refractivity contribution in [1.29, 1.82) is 0 Å². The number of fused-ring (bicyclic) bond motifs is 1. The molecule has 4 aromatic rings. The lowest BCUT2D eigenvalue weighted by molar-refractivity contribution is -0.137. The molecule has 31 heavy (non-hydrogen) atoms. The summed E-state index contributed by atoms with van der Waals surface area (Å²) in [5.74, 6) is 1.06. The molecule has 9 nitrogen and oxygen atoms in total. The summed E-state index contributed by atoms with van der Waals surface area (Å²) in [4.78, 5) is 21.3. The molecule has 4 rings (SSSR count).